The van der Waals surface area contributed by atoms with Crippen molar-refractivity contribution in [3.63, 3.8) is 0 Å². The highest BCUT2D eigenvalue weighted by Gasteiger charge is 2.30. The first-order chi connectivity index (χ1) is 11.2. The number of para-hydroxylation sites is 1. The highest BCUT2D eigenvalue weighted by Crippen LogP contribution is 2.29. The van der Waals surface area contributed by atoms with E-state index < -0.39 is 6.10 Å². The van der Waals surface area contributed by atoms with Crippen LogP contribution in [-0.4, -0.2) is 35.3 Å². The number of nitrogens with zero attached hydrogens (tertiary/aromatic N) is 1. The molecule has 1 aliphatic carbocycles. The van der Waals surface area contributed by atoms with Crippen LogP contribution in [-0.2, 0) is 6.54 Å². The first-order valence-corrected chi connectivity index (χ1v) is 8.37. The van der Waals surface area contributed by atoms with E-state index in [9.17, 15) is 5.11 Å². The molecular formula is C20H25NO2. The third-order valence-electron chi connectivity index (χ3n) is 4.33. The van der Waals surface area contributed by atoms with E-state index in [-0.39, 0.29) is 0 Å². The number of aliphatic hydroxyl groups excluding tert-OH is 1. The Kier molecular flexibility index (Phi) is 5.31. The predicted molar refractivity (Wildman–Crippen MR) is 92.6 cm³/mol. The van der Waals surface area contributed by atoms with Crippen molar-refractivity contribution in [3.8, 4) is 5.75 Å². The largest absolute Gasteiger partial charge is 0.491 e. The zero-order valence-corrected chi connectivity index (χ0v) is 13.7. The minimum atomic E-state index is -0.472. The van der Waals surface area contributed by atoms with Gasteiger partial charge in [0.15, 0.2) is 0 Å². The Bertz CT molecular complexity index is 610. The highest BCUT2D eigenvalue weighted by molar-refractivity contribution is 5.25. The molecule has 0 saturated heterocycles. The predicted octanol–water partition coefficient (Wildman–Crippen LogP) is 3.40. The number of aliphatic hydroxyl groups is 1. The fourth-order valence-electron chi connectivity index (χ4n) is 2.82. The number of aryl methyl sites for hydroxylation is 1. The summed E-state index contributed by atoms with van der Waals surface area (Å²) >= 11 is 0. The van der Waals surface area contributed by atoms with Crippen molar-refractivity contribution in [3.05, 3.63) is 65.7 Å². The first-order valence-electron chi connectivity index (χ1n) is 8.37. The molecule has 0 aromatic heterocycles. The molecule has 0 unspecified atom stereocenters. The van der Waals surface area contributed by atoms with Crippen LogP contribution in [0.4, 0.5) is 0 Å². The van der Waals surface area contributed by atoms with E-state index in [1.54, 1.807) is 0 Å². The number of ether oxygens (including phenoxy) is 1. The summed E-state index contributed by atoms with van der Waals surface area (Å²) in [5.41, 5.74) is 2.66. The Balaban J connectivity index is 1.54. The van der Waals surface area contributed by atoms with Gasteiger partial charge in [-0.3, -0.25) is 4.90 Å². The van der Waals surface area contributed by atoms with Crippen molar-refractivity contribution in [2.45, 2.75) is 38.5 Å². The van der Waals surface area contributed by atoms with Gasteiger partial charge >= 0.3 is 0 Å². The smallest absolute Gasteiger partial charge is 0.119 e. The summed E-state index contributed by atoms with van der Waals surface area (Å²) in [4.78, 5) is 2.39. The monoisotopic (exact) mass is 311 g/mol. The van der Waals surface area contributed by atoms with Gasteiger partial charge in [-0.05, 0) is 43.0 Å². The minimum Gasteiger partial charge on any atom is -0.491 e. The molecule has 1 N–H and O–H groups in total. The summed E-state index contributed by atoms with van der Waals surface area (Å²) in [5, 5.41) is 10.3. The van der Waals surface area contributed by atoms with Crippen LogP contribution in [0.3, 0.4) is 0 Å². The molecule has 23 heavy (non-hydrogen) atoms. The molecule has 2 aromatic carbocycles. The first kappa shape index (κ1) is 16.0. The number of hydrogen-bond acceptors (Lipinski definition) is 3. The lowest BCUT2D eigenvalue weighted by atomic mass is 10.1. The van der Waals surface area contributed by atoms with Crippen LogP contribution < -0.4 is 4.74 Å². The van der Waals surface area contributed by atoms with Gasteiger partial charge in [-0.1, -0.05) is 42.5 Å². The Morgan fingerprint density at radius 2 is 1.78 bits per heavy atom. The molecule has 0 amide bonds. The van der Waals surface area contributed by atoms with Gasteiger partial charge in [0.25, 0.3) is 0 Å². The van der Waals surface area contributed by atoms with Crippen LogP contribution in [0, 0.1) is 6.92 Å². The second-order valence-electron chi connectivity index (χ2n) is 6.36. The van der Waals surface area contributed by atoms with Crippen molar-refractivity contribution in [2.75, 3.05) is 13.2 Å². The molecule has 122 valence electrons. The Labute approximate surface area is 138 Å². The summed E-state index contributed by atoms with van der Waals surface area (Å²) < 4.78 is 5.67. The van der Waals surface area contributed by atoms with E-state index in [0.717, 1.165) is 12.3 Å². The third kappa shape index (κ3) is 4.81. The molecule has 1 saturated carbocycles. The second kappa shape index (κ2) is 7.62. The average molecular weight is 311 g/mol. The summed E-state index contributed by atoms with van der Waals surface area (Å²) in [7, 11) is 0. The summed E-state index contributed by atoms with van der Waals surface area (Å²) in [6.07, 6.45) is 2.00. The number of benzene rings is 2. The SMILES string of the molecule is Cc1ccccc1CN(C[C@@H](O)COc1ccccc1)C1CC1. The minimum absolute atomic E-state index is 0.334. The van der Waals surface area contributed by atoms with Gasteiger partial charge in [0.1, 0.15) is 18.5 Å². The van der Waals surface area contributed by atoms with E-state index in [1.807, 2.05) is 30.3 Å². The Morgan fingerprint density at radius 1 is 1.09 bits per heavy atom. The molecule has 3 nitrogen and oxygen atoms in total. The maximum Gasteiger partial charge on any atom is 0.119 e. The molecule has 2 aromatic rings. The third-order valence-corrected chi connectivity index (χ3v) is 4.33. The van der Waals surface area contributed by atoms with E-state index in [1.165, 1.54) is 24.0 Å². The van der Waals surface area contributed by atoms with Crippen molar-refractivity contribution in [1.29, 1.82) is 0 Å². The van der Waals surface area contributed by atoms with Crippen molar-refractivity contribution < 1.29 is 9.84 Å². The fraction of sp³-hybridized carbons (Fsp3) is 0.400. The van der Waals surface area contributed by atoms with Crippen molar-refractivity contribution in [2.24, 2.45) is 0 Å². The molecule has 1 fully saturated rings. The maximum atomic E-state index is 10.3. The molecule has 3 rings (SSSR count). The molecule has 0 aliphatic heterocycles. The molecule has 0 bridgehead atoms. The van der Waals surface area contributed by atoms with Crippen LogP contribution in [0.5, 0.6) is 5.75 Å². The van der Waals surface area contributed by atoms with E-state index in [2.05, 4.69) is 36.1 Å². The van der Waals surface area contributed by atoms with E-state index in [4.69, 9.17) is 4.74 Å². The van der Waals surface area contributed by atoms with Gasteiger partial charge in [0.2, 0.25) is 0 Å². The molecular weight excluding hydrogens is 286 g/mol. The second-order valence-corrected chi connectivity index (χ2v) is 6.36. The Morgan fingerprint density at radius 3 is 2.48 bits per heavy atom. The van der Waals surface area contributed by atoms with Crippen LogP contribution >= 0.6 is 0 Å². The van der Waals surface area contributed by atoms with Gasteiger partial charge in [-0.15, -0.1) is 0 Å². The normalized spacial score (nSPS) is 15.6. The highest BCUT2D eigenvalue weighted by atomic mass is 16.5. The van der Waals surface area contributed by atoms with Gasteiger partial charge in [-0.25, -0.2) is 0 Å². The molecule has 3 heteroatoms. The number of rotatable bonds is 8. The molecule has 0 heterocycles. The van der Waals surface area contributed by atoms with Crippen LogP contribution in [0.25, 0.3) is 0 Å². The topological polar surface area (TPSA) is 32.7 Å². The summed E-state index contributed by atoms with van der Waals surface area (Å²) in [5.74, 6) is 0.809. The molecule has 1 atom stereocenters. The molecule has 0 spiro atoms. The van der Waals surface area contributed by atoms with Crippen molar-refractivity contribution in [1.82, 2.24) is 4.90 Å². The summed E-state index contributed by atoms with van der Waals surface area (Å²) in [6.45, 7) is 4.04. The summed E-state index contributed by atoms with van der Waals surface area (Å²) in [6, 6.07) is 18.8. The van der Waals surface area contributed by atoms with Crippen molar-refractivity contribution >= 4 is 0 Å². The number of hydrogen-bond donors (Lipinski definition) is 1. The lowest BCUT2D eigenvalue weighted by molar-refractivity contribution is 0.0626. The molecule has 1 aliphatic rings. The van der Waals surface area contributed by atoms with Crippen LogP contribution in [0.15, 0.2) is 54.6 Å². The molecule has 0 radical (unpaired) electrons. The fourth-order valence-corrected chi connectivity index (χ4v) is 2.82. The van der Waals surface area contributed by atoms with E-state index >= 15 is 0 Å². The van der Waals surface area contributed by atoms with Crippen LogP contribution in [0.2, 0.25) is 0 Å². The average Bonchev–Trinajstić information content (AvgIpc) is 3.40. The zero-order chi connectivity index (χ0) is 16.1. The van der Waals surface area contributed by atoms with Gasteiger partial charge < -0.3 is 9.84 Å². The lowest BCUT2D eigenvalue weighted by Gasteiger charge is -2.25. The standard InChI is InChI=1S/C20H25NO2/c1-16-7-5-6-8-17(16)13-21(18-11-12-18)14-19(22)15-23-20-9-3-2-4-10-20/h2-10,18-19,22H,11-15H2,1H3/t19-/m1/s1. The zero-order valence-electron chi connectivity index (χ0n) is 13.7. The van der Waals surface area contributed by atoms with E-state index in [0.29, 0.717) is 19.2 Å². The quantitative estimate of drug-likeness (QED) is 0.811. The maximum absolute atomic E-state index is 10.3. The van der Waals surface area contributed by atoms with Crippen LogP contribution in [0.1, 0.15) is 24.0 Å². The van der Waals surface area contributed by atoms with Gasteiger partial charge in [-0.2, -0.15) is 0 Å². The van der Waals surface area contributed by atoms with Gasteiger partial charge in [0, 0.05) is 19.1 Å². The Hall–Kier alpha value is -1.84. The lowest BCUT2D eigenvalue weighted by Crippen LogP contribution is -2.36. The van der Waals surface area contributed by atoms with Gasteiger partial charge in [0.05, 0.1) is 0 Å².